The minimum atomic E-state index is -4.38. The number of imidazole rings is 1. The fourth-order valence-electron chi connectivity index (χ4n) is 1.78. The molecule has 19 heavy (non-hydrogen) atoms. The number of rotatable bonds is 3. The molecule has 0 aliphatic carbocycles. The Morgan fingerprint density at radius 3 is 2.68 bits per heavy atom. The van der Waals surface area contributed by atoms with Crippen LogP contribution in [0.1, 0.15) is 5.56 Å². The molecule has 1 aromatic heterocycles. The van der Waals surface area contributed by atoms with Crippen molar-refractivity contribution < 1.29 is 17.4 Å². The van der Waals surface area contributed by atoms with Crippen LogP contribution in [0.15, 0.2) is 18.2 Å². The molecule has 0 fully saturated rings. The van der Waals surface area contributed by atoms with Crippen LogP contribution >= 0.6 is 12.2 Å². The number of aryl methyl sites for hydroxylation is 1. The number of H-pyrrole nitrogens is 1. The molecule has 0 spiro atoms. The smallest absolute Gasteiger partial charge is 0.331 e. The van der Waals surface area contributed by atoms with Gasteiger partial charge in [-0.05, 0) is 30.4 Å². The van der Waals surface area contributed by atoms with Crippen LogP contribution in [0.5, 0.6) is 0 Å². The average Bonchev–Trinajstić information content (AvgIpc) is 2.59. The lowest BCUT2D eigenvalue weighted by atomic mass is 10.2. The Morgan fingerprint density at radius 1 is 1.42 bits per heavy atom. The standard InChI is InChI=1S/C11H11F3N2OS2/c1-19(17)5-4-16-9-3-2-7(11(12,13)14)6-8(9)15-10(16)18/h2-3,6H,4-5H2,1H3,(H,15,18). The zero-order chi connectivity index (χ0) is 14.2. The lowest BCUT2D eigenvalue weighted by Gasteiger charge is -2.07. The molecule has 0 saturated carbocycles. The number of nitrogens with zero attached hydrogens (tertiary/aromatic N) is 1. The van der Waals surface area contributed by atoms with E-state index in [2.05, 4.69) is 4.98 Å². The van der Waals surface area contributed by atoms with Crippen molar-refractivity contribution >= 4 is 34.1 Å². The first-order valence-electron chi connectivity index (χ1n) is 5.39. The fraction of sp³-hybridized carbons (Fsp3) is 0.364. The van der Waals surface area contributed by atoms with E-state index in [4.69, 9.17) is 12.2 Å². The van der Waals surface area contributed by atoms with Gasteiger partial charge in [0.2, 0.25) is 0 Å². The summed E-state index contributed by atoms with van der Waals surface area (Å²) in [4.78, 5) is 2.74. The Morgan fingerprint density at radius 2 is 2.11 bits per heavy atom. The van der Waals surface area contributed by atoms with E-state index >= 15 is 0 Å². The van der Waals surface area contributed by atoms with Gasteiger partial charge in [0.05, 0.1) is 16.6 Å². The SMILES string of the molecule is CS(=O)CCn1c(=S)[nH]c2cc(C(F)(F)F)ccc21. The zero-order valence-corrected chi connectivity index (χ0v) is 11.6. The molecule has 1 unspecified atom stereocenters. The molecule has 1 atom stereocenters. The van der Waals surface area contributed by atoms with E-state index in [1.54, 1.807) is 10.8 Å². The third-order valence-electron chi connectivity index (χ3n) is 2.70. The number of aromatic amines is 1. The number of hydrogen-bond donors (Lipinski definition) is 1. The molecular formula is C11H11F3N2OS2. The van der Waals surface area contributed by atoms with Crippen LogP contribution in [0.4, 0.5) is 13.2 Å². The van der Waals surface area contributed by atoms with Gasteiger partial charge in [0.15, 0.2) is 4.77 Å². The van der Waals surface area contributed by atoms with Crippen molar-refractivity contribution in [2.75, 3.05) is 12.0 Å². The molecule has 8 heteroatoms. The fourth-order valence-corrected chi connectivity index (χ4v) is 2.52. The van der Waals surface area contributed by atoms with Gasteiger partial charge in [-0.15, -0.1) is 0 Å². The predicted octanol–water partition coefficient (Wildman–Crippen LogP) is 3.10. The molecule has 0 amide bonds. The quantitative estimate of drug-likeness (QED) is 0.885. The first kappa shape index (κ1) is 14.3. The summed E-state index contributed by atoms with van der Waals surface area (Å²) in [6.07, 6.45) is -2.81. The van der Waals surface area contributed by atoms with Crippen LogP contribution in [0.2, 0.25) is 0 Å². The molecule has 2 aromatic rings. The highest BCUT2D eigenvalue weighted by molar-refractivity contribution is 7.84. The van der Waals surface area contributed by atoms with Crippen LogP contribution in [-0.2, 0) is 23.5 Å². The molecular weight excluding hydrogens is 297 g/mol. The van der Waals surface area contributed by atoms with Crippen LogP contribution < -0.4 is 0 Å². The minimum Gasteiger partial charge on any atom is -0.331 e. The summed E-state index contributed by atoms with van der Waals surface area (Å²) in [5, 5.41) is 0. The van der Waals surface area contributed by atoms with Gasteiger partial charge in [0.25, 0.3) is 0 Å². The van der Waals surface area contributed by atoms with Gasteiger partial charge in [-0.1, -0.05) is 0 Å². The molecule has 0 aliphatic rings. The summed E-state index contributed by atoms with van der Waals surface area (Å²) in [5.41, 5.74) is 0.202. The number of fused-ring (bicyclic) bond motifs is 1. The first-order valence-corrected chi connectivity index (χ1v) is 7.52. The van der Waals surface area contributed by atoms with Crippen molar-refractivity contribution in [3.05, 3.63) is 28.5 Å². The predicted molar refractivity (Wildman–Crippen MR) is 71.1 cm³/mol. The summed E-state index contributed by atoms with van der Waals surface area (Å²) in [6.45, 7) is 0.410. The van der Waals surface area contributed by atoms with E-state index in [9.17, 15) is 17.4 Å². The average molecular weight is 308 g/mol. The van der Waals surface area contributed by atoms with Crippen molar-refractivity contribution in [1.29, 1.82) is 0 Å². The molecule has 0 bridgehead atoms. The number of hydrogen-bond acceptors (Lipinski definition) is 2. The minimum absolute atomic E-state index is 0.333. The van der Waals surface area contributed by atoms with Gasteiger partial charge in [-0.3, -0.25) is 4.21 Å². The Hall–Kier alpha value is -1.15. The van der Waals surface area contributed by atoms with E-state index < -0.39 is 22.5 Å². The highest BCUT2D eigenvalue weighted by atomic mass is 32.2. The van der Waals surface area contributed by atoms with Crippen LogP contribution in [0.3, 0.4) is 0 Å². The largest absolute Gasteiger partial charge is 0.416 e. The molecule has 104 valence electrons. The second-order valence-electron chi connectivity index (χ2n) is 4.09. The van der Waals surface area contributed by atoms with E-state index in [1.165, 1.54) is 6.07 Å². The van der Waals surface area contributed by atoms with Gasteiger partial charge in [0.1, 0.15) is 0 Å². The monoisotopic (exact) mass is 308 g/mol. The highest BCUT2D eigenvalue weighted by Crippen LogP contribution is 2.31. The van der Waals surface area contributed by atoms with Crippen molar-refractivity contribution in [3.63, 3.8) is 0 Å². The van der Waals surface area contributed by atoms with Gasteiger partial charge in [-0.2, -0.15) is 13.2 Å². The maximum Gasteiger partial charge on any atom is 0.416 e. The lowest BCUT2D eigenvalue weighted by Crippen LogP contribution is -2.07. The van der Waals surface area contributed by atoms with Crippen LogP contribution in [-0.4, -0.2) is 25.8 Å². The van der Waals surface area contributed by atoms with Crippen LogP contribution in [0.25, 0.3) is 11.0 Å². The normalized spacial score (nSPS) is 13.9. The molecule has 1 heterocycles. The highest BCUT2D eigenvalue weighted by Gasteiger charge is 2.30. The second-order valence-corrected chi connectivity index (χ2v) is 6.03. The number of nitrogens with one attached hydrogen (secondary N) is 1. The zero-order valence-electron chi connectivity index (χ0n) is 9.95. The van der Waals surface area contributed by atoms with Gasteiger partial charge in [-0.25, -0.2) is 0 Å². The third kappa shape index (κ3) is 3.06. The lowest BCUT2D eigenvalue weighted by molar-refractivity contribution is -0.137. The summed E-state index contributed by atoms with van der Waals surface area (Å²) in [7, 11) is -0.981. The molecule has 1 aromatic carbocycles. The molecule has 1 N–H and O–H groups in total. The van der Waals surface area contributed by atoms with Gasteiger partial charge in [0, 0.05) is 29.4 Å². The topological polar surface area (TPSA) is 37.8 Å². The maximum absolute atomic E-state index is 12.6. The number of aromatic nitrogens is 2. The Balaban J connectivity index is 2.48. The summed E-state index contributed by atoms with van der Waals surface area (Å²) >= 11 is 5.07. The third-order valence-corrected chi connectivity index (χ3v) is 3.78. The number of alkyl halides is 3. The number of halogens is 3. The van der Waals surface area contributed by atoms with Crippen molar-refractivity contribution in [3.8, 4) is 0 Å². The second kappa shape index (κ2) is 5.09. The van der Waals surface area contributed by atoms with Gasteiger partial charge < -0.3 is 9.55 Å². The van der Waals surface area contributed by atoms with Crippen molar-refractivity contribution in [2.45, 2.75) is 12.7 Å². The Kier molecular flexibility index (Phi) is 3.82. The molecule has 3 nitrogen and oxygen atoms in total. The molecule has 0 radical (unpaired) electrons. The summed E-state index contributed by atoms with van der Waals surface area (Å²) in [5.74, 6) is 0.405. The summed E-state index contributed by atoms with van der Waals surface area (Å²) < 4.78 is 50.8. The van der Waals surface area contributed by atoms with E-state index in [-0.39, 0.29) is 0 Å². The maximum atomic E-state index is 12.6. The summed E-state index contributed by atoms with van der Waals surface area (Å²) in [6, 6.07) is 3.43. The molecule has 0 aliphatic heterocycles. The molecule has 2 rings (SSSR count). The van der Waals surface area contributed by atoms with Gasteiger partial charge >= 0.3 is 6.18 Å². The Bertz CT molecular complexity index is 687. The van der Waals surface area contributed by atoms with E-state index in [0.29, 0.717) is 28.1 Å². The number of benzene rings is 1. The van der Waals surface area contributed by atoms with Crippen molar-refractivity contribution in [1.82, 2.24) is 9.55 Å². The van der Waals surface area contributed by atoms with E-state index in [0.717, 1.165) is 12.1 Å². The first-order chi connectivity index (χ1) is 8.79. The Labute approximate surface area is 114 Å². The van der Waals surface area contributed by atoms with Crippen molar-refractivity contribution in [2.24, 2.45) is 0 Å². The molecule has 0 saturated heterocycles. The van der Waals surface area contributed by atoms with Crippen LogP contribution in [0, 0.1) is 4.77 Å². The van der Waals surface area contributed by atoms with E-state index in [1.807, 2.05) is 0 Å².